The van der Waals surface area contributed by atoms with Crippen LogP contribution >= 0.6 is 0 Å². The summed E-state index contributed by atoms with van der Waals surface area (Å²) >= 11 is 0. The normalized spacial score (nSPS) is 16.7. The minimum absolute atomic E-state index is 0.965. The Morgan fingerprint density at radius 1 is 0.905 bits per heavy atom. The Hall–Kier alpha value is -0.0800. The van der Waals surface area contributed by atoms with E-state index in [2.05, 4.69) is 24.1 Å². The summed E-state index contributed by atoms with van der Waals surface area (Å²) in [5, 5.41) is 3.47. The first-order chi connectivity index (χ1) is 10.4. The molecular formula is C19H39N2. The van der Waals surface area contributed by atoms with Gasteiger partial charge in [-0.1, -0.05) is 52.4 Å². The molecule has 1 saturated heterocycles. The highest BCUT2D eigenvalue weighted by atomic mass is 15.1. The maximum atomic E-state index is 4.05. The maximum Gasteiger partial charge on any atom is -0.00161 e. The number of nitrogens with zero attached hydrogens (tertiary/aromatic N) is 1. The summed E-state index contributed by atoms with van der Waals surface area (Å²) in [6.45, 7) is 12.6. The second-order valence-corrected chi connectivity index (χ2v) is 6.80. The van der Waals surface area contributed by atoms with Crippen LogP contribution in [-0.4, -0.2) is 37.6 Å². The van der Waals surface area contributed by atoms with Gasteiger partial charge in [0.2, 0.25) is 0 Å². The summed E-state index contributed by atoms with van der Waals surface area (Å²) in [6.07, 6.45) is 15.1. The van der Waals surface area contributed by atoms with E-state index in [4.69, 9.17) is 0 Å². The zero-order valence-corrected chi connectivity index (χ0v) is 14.5. The van der Waals surface area contributed by atoms with Crippen molar-refractivity contribution < 1.29 is 0 Å². The second kappa shape index (κ2) is 13.6. The Bertz CT molecular complexity index is 212. The second-order valence-electron chi connectivity index (χ2n) is 6.80. The van der Waals surface area contributed by atoms with Gasteiger partial charge in [0, 0.05) is 0 Å². The van der Waals surface area contributed by atoms with Gasteiger partial charge in [-0.05, 0) is 70.7 Å². The number of piperidine rings is 1. The standard InChI is InChI=1S/C19H39N2/c1-3-5-6-7-8-9-10-17-21(16-4-2)18-13-19-11-14-20-15-12-19/h19-20H,2-18H2,1H3. The van der Waals surface area contributed by atoms with E-state index >= 15 is 0 Å². The van der Waals surface area contributed by atoms with Crippen molar-refractivity contribution in [2.75, 3.05) is 32.7 Å². The average molecular weight is 296 g/mol. The predicted octanol–water partition coefficient (Wildman–Crippen LogP) is 4.65. The van der Waals surface area contributed by atoms with Crippen molar-refractivity contribution in [1.82, 2.24) is 10.2 Å². The van der Waals surface area contributed by atoms with Crippen molar-refractivity contribution in [3.63, 3.8) is 0 Å². The molecule has 1 heterocycles. The first-order valence-corrected chi connectivity index (χ1v) is 9.59. The van der Waals surface area contributed by atoms with Gasteiger partial charge < -0.3 is 10.2 Å². The molecule has 0 amide bonds. The number of hydrogen-bond donors (Lipinski definition) is 1. The van der Waals surface area contributed by atoms with Crippen LogP contribution in [0.25, 0.3) is 0 Å². The van der Waals surface area contributed by atoms with Crippen LogP contribution in [0.1, 0.15) is 77.6 Å². The lowest BCUT2D eigenvalue weighted by Crippen LogP contribution is -2.32. The molecule has 1 radical (unpaired) electrons. The van der Waals surface area contributed by atoms with Gasteiger partial charge in [-0.15, -0.1) is 0 Å². The smallest absolute Gasteiger partial charge is 0.00161 e. The van der Waals surface area contributed by atoms with Crippen molar-refractivity contribution in [3.8, 4) is 0 Å². The van der Waals surface area contributed by atoms with E-state index in [-0.39, 0.29) is 0 Å². The maximum absolute atomic E-state index is 4.05. The third kappa shape index (κ3) is 10.3. The van der Waals surface area contributed by atoms with Gasteiger partial charge in [-0.3, -0.25) is 0 Å². The summed E-state index contributed by atoms with van der Waals surface area (Å²) in [6, 6.07) is 0. The van der Waals surface area contributed by atoms with Crippen LogP contribution in [0, 0.1) is 12.8 Å². The lowest BCUT2D eigenvalue weighted by molar-refractivity contribution is 0.233. The van der Waals surface area contributed by atoms with Crippen molar-refractivity contribution >= 4 is 0 Å². The highest BCUT2D eigenvalue weighted by Gasteiger charge is 2.14. The summed E-state index contributed by atoms with van der Waals surface area (Å²) in [5.74, 6) is 0.965. The molecule has 2 heteroatoms. The molecule has 0 aromatic rings. The third-order valence-electron chi connectivity index (χ3n) is 4.86. The predicted molar refractivity (Wildman–Crippen MR) is 94.6 cm³/mol. The molecule has 2 nitrogen and oxygen atoms in total. The topological polar surface area (TPSA) is 15.3 Å². The zero-order valence-electron chi connectivity index (χ0n) is 14.5. The van der Waals surface area contributed by atoms with Gasteiger partial charge in [-0.2, -0.15) is 0 Å². The molecule has 1 rings (SSSR count). The molecule has 0 saturated carbocycles. The molecule has 0 aliphatic carbocycles. The van der Waals surface area contributed by atoms with E-state index in [0.717, 1.165) is 12.3 Å². The van der Waals surface area contributed by atoms with Gasteiger partial charge in [0.05, 0.1) is 0 Å². The Balaban J connectivity index is 2.02. The van der Waals surface area contributed by atoms with Gasteiger partial charge in [0.15, 0.2) is 0 Å². The Morgan fingerprint density at radius 3 is 2.24 bits per heavy atom. The van der Waals surface area contributed by atoms with Crippen molar-refractivity contribution in [3.05, 3.63) is 6.92 Å². The fourth-order valence-electron chi connectivity index (χ4n) is 3.39. The molecule has 1 fully saturated rings. The summed E-state index contributed by atoms with van der Waals surface area (Å²) in [5.41, 5.74) is 0. The van der Waals surface area contributed by atoms with E-state index in [1.54, 1.807) is 0 Å². The van der Waals surface area contributed by atoms with Crippen LogP contribution in [0.4, 0.5) is 0 Å². The van der Waals surface area contributed by atoms with Crippen molar-refractivity contribution in [1.29, 1.82) is 0 Å². The quantitative estimate of drug-likeness (QED) is 0.497. The lowest BCUT2D eigenvalue weighted by Gasteiger charge is -2.27. The van der Waals surface area contributed by atoms with Gasteiger partial charge in [0.25, 0.3) is 0 Å². The summed E-state index contributed by atoms with van der Waals surface area (Å²) < 4.78 is 0. The van der Waals surface area contributed by atoms with Crippen LogP contribution in [0.3, 0.4) is 0 Å². The molecular weight excluding hydrogens is 256 g/mol. The summed E-state index contributed by atoms with van der Waals surface area (Å²) in [7, 11) is 0. The van der Waals surface area contributed by atoms with Crippen molar-refractivity contribution in [2.45, 2.75) is 77.6 Å². The Kier molecular flexibility index (Phi) is 12.3. The largest absolute Gasteiger partial charge is 0.317 e. The number of hydrogen-bond acceptors (Lipinski definition) is 2. The van der Waals surface area contributed by atoms with Gasteiger partial charge in [0.1, 0.15) is 0 Å². The molecule has 125 valence electrons. The number of rotatable bonds is 13. The number of nitrogens with one attached hydrogen (secondary N) is 1. The third-order valence-corrected chi connectivity index (χ3v) is 4.86. The van der Waals surface area contributed by atoms with E-state index in [1.807, 2.05) is 0 Å². The molecule has 0 aromatic heterocycles. The molecule has 21 heavy (non-hydrogen) atoms. The fourth-order valence-corrected chi connectivity index (χ4v) is 3.39. The highest BCUT2D eigenvalue weighted by molar-refractivity contribution is 4.70. The van der Waals surface area contributed by atoms with Crippen LogP contribution in [-0.2, 0) is 0 Å². The Labute approximate surface area is 134 Å². The first-order valence-electron chi connectivity index (χ1n) is 9.59. The SMILES string of the molecule is [CH2]CCN(CCCCCCCCC)CCC1CCNCC1. The fraction of sp³-hybridized carbons (Fsp3) is 0.947. The van der Waals surface area contributed by atoms with Gasteiger partial charge in [-0.25, -0.2) is 0 Å². The van der Waals surface area contributed by atoms with Crippen LogP contribution < -0.4 is 5.32 Å². The van der Waals surface area contributed by atoms with Crippen molar-refractivity contribution in [2.24, 2.45) is 5.92 Å². The van der Waals surface area contributed by atoms with Crippen LogP contribution in [0.2, 0.25) is 0 Å². The van der Waals surface area contributed by atoms with E-state index in [0.29, 0.717) is 0 Å². The molecule has 1 N–H and O–H groups in total. The Morgan fingerprint density at radius 2 is 1.57 bits per heavy atom. The average Bonchev–Trinajstić information content (AvgIpc) is 2.52. The van der Waals surface area contributed by atoms with E-state index in [9.17, 15) is 0 Å². The molecule has 1 aliphatic heterocycles. The lowest BCUT2D eigenvalue weighted by atomic mass is 9.94. The monoisotopic (exact) mass is 295 g/mol. The molecule has 0 unspecified atom stereocenters. The first kappa shape index (κ1) is 19.0. The molecule has 0 bridgehead atoms. The van der Waals surface area contributed by atoms with Crippen LogP contribution in [0.5, 0.6) is 0 Å². The van der Waals surface area contributed by atoms with E-state index in [1.165, 1.54) is 96.9 Å². The van der Waals surface area contributed by atoms with E-state index < -0.39 is 0 Å². The minimum atomic E-state index is 0.965. The molecule has 0 spiro atoms. The minimum Gasteiger partial charge on any atom is -0.317 e. The zero-order chi connectivity index (χ0) is 15.2. The summed E-state index contributed by atoms with van der Waals surface area (Å²) in [4.78, 5) is 2.67. The molecule has 0 aromatic carbocycles. The molecule has 0 atom stereocenters. The van der Waals surface area contributed by atoms with Gasteiger partial charge >= 0.3 is 0 Å². The van der Waals surface area contributed by atoms with Crippen LogP contribution in [0.15, 0.2) is 0 Å². The number of unbranched alkanes of at least 4 members (excludes halogenated alkanes) is 6. The molecule has 1 aliphatic rings. The highest BCUT2D eigenvalue weighted by Crippen LogP contribution is 2.17.